The van der Waals surface area contributed by atoms with Crippen molar-refractivity contribution in [1.29, 1.82) is 0 Å². The Labute approximate surface area is 169 Å². The fourth-order valence-corrected chi connectivity index (χ4v) is 2.80. The zero-order chi connectivity index (χ0) is 20.6. The summed E-state index contributed by atoms with van der Waals surface area (Å²) >= 11 is 0. The number of ether oxygens (including phenoxy) is 1. The highest BCUT2D eigenvalue weighted by Gasteiger charge is 2.14. The average molecular weight is 389 g/mol. The van der Waals surface area contributed by atoms with Gasteiger partial charge >= 0.3 is 0 Å². The lowest BCUT2D eigenvalue weighted by Gasteiger charge is -2.12. The number of nitrogens with two attached hydrogens (primary N) is 1. The number of nitrogen functional groups attached to an aromatic ring is 1. The molecule has 148 valence electrons. The normalized spacial score (nSPS) is 10.2. The molecule has 0 aliphatic carbocycles. The van der Waals surface area contributed by atoms with Gasteiger partial charge < -0.3 is 21.1 Å². The third-order valence-electron chi connectivity index (χ3n) is 4.21. The lowest BCUT2D eigenvalue weighted by Crippen LogP contribution is -2.19. The van der Waals surface area contributed by atoms with Crippen molar-refractivity contribution in [2.75, 3.05) is 23.0 Å². The summed E-state index contributed by atoms with van der Waals surface area (Å²) in [5.74, 6) is 0.217. The Bertz CT molecular complexity index is 983. The maximum Gasteiger partial charge on any atom is 0.257 e. The molecule has 0 aromatic heterocycles. The van der Waals surface area contributed by atoms with E-state index in [4.69, 9.17) is 10.5 Å². The van der Waals surface area contributed by atoms with Crippen LogP contribution in [0.4, 0.5) is 17.1 Å². The quantitative estimate of drug-likeness (QED) is 0.530. The van der Waals surface area contributed by atoms with Crippen LogP contribution >= 0.6 is 0 Å². The van der Waals surface area contributed by atoms with Crippen LogP contribution in [0.3, 0.4) is 0 Å². The highest BCUT2D eigenvalue weighted by atomic mass is 16.5. The van der Waals surface area contributed by atoms with Gasteiger partial charge in [0.25, 0.3) is 5.91 Å². The Morgan fingerprint density at radius 1 is 0.897 bits per heavy atom. The molecule has 0 atom stereocenters. The molecular formula is C23H23N3O3. The first-order chi connectivity index (χ1) is 14.0. The van der Waals surface area contributed by atoms with Crippen LogP contribution in [0, 0.1) is 0 Å². The van der Waals surface area contributed by atoms with Crippen LogP contribution in [-0.2, 0) is 11.2 Å². The second-order valence-corrected chi connectivity index (χ2v) is 6.42. The minimum atomic E-state index is -0.308. The fraction of sp³-hybridized carbons (Fsp3) is 0.130. The first-order valence-corrected chi connectivity index (χ1v) is 9.32. The highest BCUT2D eigenvalue weighted by molar-refractivity contribution is 6.10. The van der Waals surface area contributed by atoms with Gasteiger partial charge in [-0.05, 0) is 61.0 Å². The lowest BCUT2D eigenvalue weighted by atomic mass is 10.1. The van der Waals surface area contributed by atoms with Gasteiger partial charge in [-0.1, -0.05) is 24.3 Å². The van der Waals surface area contributed by atoms with E-state index in [0.29, 0.717) is 29.2 Å². The predicted molar refractivity (Wildman–Crippen MR) is 115 cm³/mol. The molecule has 0 bridgehead atoms. The Morgan fingerprint density at radius 2 is 1.59 bits per heavy atom. The van der Waals surface area contributed by atoms with Crippen molar-refractivity contribution in [3.05, 3.63) is 83.9 Å². The summed E-state index contributed by atoms with van der Waals surface area (Å²) in [6, 6.07) is 21.1. The molecule has 4 N–H and O–H groups in total. The van der Waals surface area contributed by atoms with Crippen molar-refractivity contribution in [2.24, 2.45) is 0 Å². The standard InChI is InChI=1S/C23H23N3O3/c1-2-29-19-13-11-18(12-14-19)25-23(28)20-5-3-4-6-21(20)26-22(27)15-16-7-9-17(24)10-8-16/h3-14H,2,15,24H2,1H3,(H,25,28)(H,26,27). The first-order valence-electron chi connectivity index (χ1n) is 9.32. The Hall–Kier alpha value is -3.80. The van der Waals surface area contributed by atoms with Gasteiger partial charge in [0.2, 0.25) is 5.91 Å². The minimum absolute atomic E-state index is 0.190. The predicted octanol–water partition coefficient (Wildman–Crippen LogP) is 4.10. The number of carbonyl (C=O) groups is 2. The largest absolute Gasteiger partial charge is 0.494 e. The molecule has 0 aliphatic heterocycles. The van der Waals surface area contributed by atoms with Gasteiger partial charge in [-0.25, -0.2) is 0 Å². The molecule has 29 heavy (non-hydrogen) atoms. The van der Waals surface area contributed by atoms with Crippen LogP contribution in [0.25, 0.3) is 0 Å². The summed E-state index contributed by atoms with van der Waals surface area (Å²) in [5.41, 5.74) is 8.63. The number of nitrogens with one attached hydrogen (secondary N) is 2. The van der Waals surface area contributed by atoms with Crippen LogP contribution in [0.2, 0.25) is 0 Å². The lowest BCUT2D eigenvalue weighted by molar-refractivity contribution is -0.115. The molecule has 0 spiro atoms. The smallest absolute Gasteiger partial charge is 0.257 e. The van der Waals surface area contributed by atoms with E-state index >= 15 is 0 Å². The molecule has 6 nitrogen and oxygen atoms in total. The van der Waals surface area contributed by atoms with E-state index in [0.717, 1.165) is 11.3 Å². The Kier molecular flexibility index (Phi) is 6.47. The van der Waals surface area contributed by atoms with Crippen LogP contribution < -0.4 is 21.1 Å². The number of hydrogen-bond donors (Lipinski definition) is 3. The second-order valence-electron chi connectivity index (χ2n) is 6.42. The van der Waals surface area contributed by atoms with E-state index in [1.165, 1.54) is 0 Å². The second kappa shape index (κ2) is 9.41. The highest BCUT2D eigenvalue weighted by Crippen LogP contribution is 2.20. The van der Waals surface area contributed by atoms with Crippen LogP contribution in [-0.4, -0.2) is 18.4 Å². The van der Waals surface area contributed by atoms with Gasteiger partial charge in [-0.3, -0.25) is 9.59 Å². The van der Waals surface area contributed by atoms with E-state index in [-0.39, 0.29) is 18.2 Å². The first kappa shape index (κ1) is 19.9. The molecule has 6 heteroatoms. The molecule has 0 saturated carbocycles. The zero-order valence-electron chi connectivity index (χ0n) is 16.1. The van der Waals surface area contributed by atoms with Gasteiger partial charge in [0.1, 0.15) is 5.75 Å². The molecular weight excluding hydrogens is 366 g/mol. The zero-order valence-corrected chi connectivity index (χ0v) is 16.1. The molecule has 0 aliphatic rings. The topological polar surface area (TPSA) is 93.5 Å². The van der Waals surface area contributed by atoms with Gasteiger partial charge in [0.15, 0.2) is 0 Å². The molecule has 0 saturated heterocycles. The van der Waals surface area contributed by atoms with Crippen molar-refractivity contribution in [3.8, 4) is 5.75 Å². The molecule has 0 unspecified atom stereocenters. The van der Waals surface area contributed by atoms with Gasteiger partial charge in [0.05, 0.1) is 24.3 Å². The molecule has 0 heterocycles. The number of para-hydroxylation sites is 1. The molecule has 3 aromatic carbocycles. The van der Waals surface area contributed by atoms with Gasteiger partial charge in [0, 0.05) is 11.4 Å². The Morgan fingerprint density at radius 3 is 2.28 bits per heavy atom. The number of carbonyl (C=O) groups excluding carboxylic acids is 2. The molecule has 0 fully saturated rings. The maximum atomic E-state index is 12.7. The third kappa shape index (κ3) is 5.59. The third-order valence-corrected chi connectivity index (χ3v) is 4.21. The SMILES string of the molecule is CCOc1ccc(NC(=O)c2ccccc2NC(=O)Cc2ccc(N)cc2)cc1. The molecule has 3 rings (SSSR count). The molecule has 2 amide bonds. The number of benzene rings is 3. The number of anilines is 3. The molecule has 0 radical (unpaired) electrons. The minimum Gasteiger partial charge on any atom is -0.494 e. The van der Waals surface area contributed by atoms with Crippen molar-refractivity contribution in [2.45, 2.75) is 13.3 Å². The van der Waals surface area contributed by atoms with E-state index in [1.54, 1.807) is 72.8 Å². The van der Waals surface area contributed by atoms with Crippen molar-refractivity contribution in [3.63, 3.8) is 0 Å². The molecule has 3 aromatic rings. The summed E-state index contributed by atoms with van der Waals surface area (Å²) in [6.45, 7) is 2.49. The van der Waals surface area contributed by atoms with E-state index in [2.05, 4.69) is 10.6 Å². The summed E-state index contributed by atoms with van der Waals surface area (Å²) in [4.78, 5) is 25.1. The van der Waals surface area contributed by atoms with E-state index in [1.807, 2.05) is 6.92 Å². The number of rotatable bonds is 7. The van der Waals surface area contributed by atoms with Crippen LogP contribution in [0.15, 0.2) is 72.8 Å². The van der Waals surface area contributed by atoms with Crippen LogP contribution in [0.5, 0.6) is 5.75 Å². The van der Waals surface area contributed by atoms with E-state index in [9.17, 15) is 9.59 Å². The van der Waals surface area contributed by atoms with Crippen molar-refractivity contribution >= 4 is 28.9 Å². The maximum absolute atomic E-state index is 12.7. The fourth-order valence-electron chi connectivity index (χ4n) is 2.80. The summed E-state index contributed by atoms with van der Waals surface area (Å²) in [7, 11) is 0. The average Bonchev–Trinajstić information content (AvgIpc) is 2.72. The monoisotopic (exact) mass is 389 g/mol. The van der Waals surface area contributed by atoms with Gasteiger partial charge in [-0.2, -0.15) is 0 Å². The van der Waals surface area contributed by atoms with Crippen molar-refractivity contribution in [1.82, 2.24) is 0 Å². The van der Waals surface area contributed by atoms with Crippen molar-refractivity contribution < 1.29 is 14.3 Å². The number of amides is 2. The van der Waals surface area contributed by atoms with E-state index < -0.39 is 0 Å². The Balaban J connectivity index is 1.68. The van der Waals surface area contributed by atoms with Gasteiger partial charge in [-0.15, -0.1) is 0 Å². The summed E-state index contributed by atoms with van der Waals surface area (Å²) in [5, 5.41) is 5.65. The van der Waals surface area contributed by atoms with Crippen LogP contribution in [0.1, 0.15) is 22.8 Å². The number of hydrogen-bond acceptors (Lipinski definition) is 4. The summed E-state index contributed by atoms with van der Waals surface area (Å²) < 4.78 is 5.40. The summed E-state index contributed by atoms with van der Waals surface area (Å²) in [6.07, 6.45) is 0.190.